The minimum Gasteiger partial charge on any atom is -0.491 e. The third-order valence-electron chi connectivity index (χ3n) is 2.47. The number of benzene rings is 1. The Balaban J connectivity index is 2.63. The highest BCUT2D eigenvalue weighted by Gasteiger charge is 2.18. The Morgan fingerprint density at radius 1 is 1.53 bits per heavy atom. The number of hydrogen-bond acceptors (Lipinski definition) is 3. The highest BCUT2D eigenvalue weighted by Crippen LogP contribution is 2.19. The second-order valence-corrected chi connectivity index (χ2v) is 4.35. The zero-order valence-electron chi connectivity index (χ0n) is 10.5. The molecule has 1 rings (SSSR count). The van der Waals surface area contributed by atoms with Gasteiger partial charge in [0.1, 0.15) is 12.4 Å². The van der Waals surface area contributed by atoms with Crippen molar-refractivity contribution in [2.45, 2.75) is 32.8 Å². The summed E-state index contributed by atoms with van der Waals surface area (Å²) in [4.78, 5) is 10.9. The molecule has 1 atom stereocenters. The summed E-state index contributed by atoms with van der Waals surface area (Å²) in [7, 11) is 0. The van der Waals surface area contributed by atoms with Gasteiger partial charge in [-0.3, -0.25) is 4.79 Å². The first-order valence-corrected chi connectivity index (χ1v) is 5.66. The van der Waals surface area contributed by atoms with Crippen LogP contribution in [0, 0.1) is 0 Å². The fraction of sp³-hybridized carbons (Fsp3) is 0.462. The van der Waals surface area contributed by atoms with E-state index in [1.165, 1.54) is 6.92 Å². The molecular weight excluding hydrogens is 218 g/mol. The molecule has 0 aliphatic heterocycles. The lowest BCUT2D eigenvalue weighted by Gasteiger charge is -2.21. The molecule has 0 saturated heterocycles. The Kier molecular flexibility index (Phi) is 4.52. The van der Waals surface area contributed by atoms with Crippen LogP contribution >= 0.6 is 0 Å². The summed E-state index contributed by atoms with van der Waals surface area (Å²) >= 11 is 0. The van der Waals surface area contributed by atoms with Crippen LogP contribution in [-0.2, 0) is 4.79 Å². The molecule has 2 N–H and O–H groups in total. The highest BCUT2D eigenvalue weighted by molar-refractivity contribution is 5.88. The maximum atomic E-state index is 10.9. The maximum Gasteiger partial charge on any atom is 0.221 e. The average Bonchev–Trinajstić information content (AvgIpc) is 2.26. The van der Waals surface area contributed by atoms with Crippen molar-refractivity contribution in [3.05, 3.63) is 24.3 Å². The lowest BCUT2D eigenvalue weighted by Crippen LogP contribution is -2.31. The number of anilines is 1. The molecule has 0 bridgehead atoms. The number of hydrogen-bond donors (Lipinski definition) is 2. The van der Waals surface area contributed by atoms with Gasteiger partial charge in [0.15, 0.2) is 0 Å². The summed E-state index contributed by atoms with van der Waals surface area (Å²) in [5.74, 6) is 0.507. The van der Waals surface area contributed by atoms with E-state index >= 15 is 0 Å². The fourth-order valence-corrected chi connectivity index (χ4v) is 1.21. The molecule has 4 heteroatoms. The van der Waals surface area contributed by atoms with Gasteiger partial charge in [0.2, 0.25) is 5.91 Å². The van der Waals surface area contributed by atoms with Crippen LogP contribution in [0.2, 0.25) is 0 Å². The van der Waals surface area contributed by atoms with E-state index < -0.39 is 5.60 Å². The average molecular weight is 237 g/mol. The third kappa shape index (κ3) is 4.87. The summed E-state index contributed by atoms with van der Waals surface area (Å²) in [6.45, 7) is 5.31. The molecule has 0 heterocycles. The second kappa shape index (κ2) is 5.68. The van der Waals surface area contributed by atoms with Crippen molar-refractivity contribution in [3.8, 4) is 5.75 Å². The van der Waals surface area contributed by atoms with E-state index in [9.17, 15) is 9.90 Å². The zero-order valence-corrected chi connectivity index (χ0v) is 10.5. The standard InChI is InChI=1S/C13H19NO3/c1-4-13(3,16)9-17-12-7-5-6-11(8-12)14-10(2)15/h5-8,16H,4,9H2,1-3H3,(H,14,15). The minimum atomic E-state index is -0.829. The Hall–Kier alpha value is -1.55. The van der Waals surface area contributed by atoms with Crippen LogP contribution in [0.1, 0.15) is 27.2 Å². The molecule has 1 aromatic carbocycles. The molecule has 1 unspecified atom stereocenters. The minimum absolute atomic E-state index is 0.122. The third-order valence-corrected chi connectivity index (χ3v) is 2.47. The van der Waals surface area contributed by atoms with Crippen molar-refractivity contribution in [2.75, 3.05) is 11.9 Å². The smallest absolute Gasteiger partial charge is 0.221 e. The first kappa shape index (κ1) is 13.5. The van der Waals surface area contributed by atoms with Crippen LogP contribution in [-0.4, -0.2) is 23.2 Å². The quantitative estimate of drug-likeness (QED) is 0.825. The van der Waals surface area contributed by atoms with Gasteiger partial charge in [-0.25, -0.2) is 0 Å². The van der Waals surface area contributed by atoms with E-state index in [0.29, 0.717) is 17.9 Å². The van der Waals surface area contributed by atoms with E-state index in [1.807, 2.05) is 6.92 Å². The Labute approximate surface area is 102 Å². The molecule has 1 aromatic rings. The van der Waals surface area contributed by atoms with E-state index in [0.717, 1.165) is 0 Å². The molecule has 1 amide bonds. The first-order chi connectivity index (χ1) is 7.93. The lowest BCUT2D eigenvalue weighted by molar-refractivity contribution is -0.114. The van der Waals surface area contributed by atoms with Crippen LogP contribution in [0.5, 0.6) is 5.75 Å². The number of ether oxygens (including phenoxy) is 1. The van der Waals surface area contributed by atoms with Gasteiger partial charge in [-0.05, 0) is 25.5 Å². The zero-order chi connectivity index (χ0) is 12.9. The molecule has 94 valence electrons. The van der Waals surface area contributed by atoms with Gasteiger partial charge in [-0.1, -0.05) is 13.0 Å². The topological polar surface area (TPSA) is 58.6 Å². The molecule has 17 heavy (non-hydrogen) atoms. The molecule has 0 aliphatic carbocycles. The molecular formula is C13H19NO3. The molecule has 0 fully saturated rings. The summed E-state index contributed by atoms with van der Waals surface area (Å²) in [6.07, 6.45) is 0.623. The van der Waals surface area contributed by atoms with Crippen molar-refractivity contribution in [1.82, 2.24) is 0 Å². The number of aliphatic hydroxyl groups is 1. The number of carbonyl (C=O) groups is 1. The summed E-state index contributed by atoms with van der Waals surface area (Å²) in [5, 5.41) is 12.5. The van der Waals surface area contributed by atoms with Crippen LogP contribution in [0.3, 0.4) is 0 Å². The van der Waals surface area contributed by atoms with Gasteiger partial charge in [0.05, 0.1) is 5.60 Å². The molecule has 0 spiro atoms. The monoisotopic (exact) mass is 237 g/mol. The summed E-state index contributed by atoms with van der Waals surface area (Å²) in [5.41, 5.74) is -0.143. The van der Waals surface area contributed by atoms with Crippen LogP contribution < -0.4 is 10.1 Å². The van der Waals surface area contributed by atoms with Crippen molar-refractivity contribution >= 4 is 11.6 Å². The normalized spacial score (nSPS) is 13.9. The Morgan fingerprint density at radius 2 is 2.24 bits per heavy atom. The van der Waals surface area contributed by atoms with Crippen LogP contribution in [0.15, 0.2) is 24.3 Å². The van der Waals surface area contributed by atoms with E-state index in [4.69, 9.17) is 4.74 Å². The predicted octanol–water partition coefficient (Wildman–Crippen LogP) is 2.18. The van der Waals surface area contributed by atoms with E-state index in [2.05, 4.69) is 5.32 Å². The van der Waals surface area contributed by atoms with Crippen molar-refractivity contribution in [1.29, 1.82) is 0 Å². The molecule has 0 aromatic heterocycles. The number of nitrogens with one attached hydrogen (secondary N) is 1. The molecule has 0 aliphatic rings. The first-order valence-electron chi connectivity index (χ1n) is 5.66. The molecule has 0 saturated carbocycles. The molecule has 0 radical (unpaired) electrons. The highest BCUT2D eigenvalue weighted by atomic mass is 16.5. The van der Waals surface area contributed by atoms with Crippen molar-refractivity contribution < 1.29 is 14.6 Å². The summed E-state index contributed by atoms with van der Waals surface area (Å²) in [6, 6.07) is 7.09. The van der Waals surface area contributed by atoms with Crippen LogP contribution in [0.4, 0.5) is 5.69 Å². The van der Waals surface area contributed by atoms with E-state index in [1.54, 1.807) is 31.2 Å². The van der Waals surface area contributed by atoms with Gasteiger partial charge in [0, 0.05) is 18.7 Å². The lowest BCUT2D eigenvalue weighted by atomic mass is 10.1. The summed E-state index contributed by atoms with van der Waals surface area (Å²) < 4.78 is 5.48. The van der Waals surface area contributed by atoms with Crippen molar-refractivity contribution in [3.63, 3.8) is 0 Å². The van der Waals surface area contributed by atoms with Crippen LogP contribution in [0.25, 0.3) is 0 Å². The van der Waals surface area contributed by atoms with Gasteiger partial charge in [-0.2, -0.15) is 0 Å². The number of rotatable bonds is 5. The van der Waals surface area contributed by atoms with Gasteiger partial charge < -0.3 is 15.2 Å². The van der Waals surface area contributed by atoms with Gasteiger partial charge in [-0.15, -0.1) is 0 Å². The number of amides is 1. The number of carbonyl (C=O) groups excluding carboxylic acids is 1. The second-order valence-electron chi connectivity index (χ2n) is 4.35. The Bertz CT molecular complexity index is 388. The Morgan fingerprint density at radius 3 is 2.82 bits per heavy atom. The van der Waals surface area contributed by atoms with Gasteiger partial charge >= 0.3 is 0 Å². The van der Waals surface area contributed by atoms with E-state index in [-0.39, 0.29) is 12.5 Å². The van der Waals surface area contributed by atoms with Crippen molar-refractivity contribution in [2.24, 2.45) is 0 Å². The molecule has 4 nitrogen and oxygen atoms in total. The SMILES string of the molecule is CCC(C)(O)COc1cccc(NC(C)=O)c1. The predicted molar refractivity (Wildman–Crippen MR) is 67.2 cm³/mol. The maximum absolute atomic E-state index is 10.9. The largest absolute Gasteiger partial charge is 0.491 e. The fourth-order valence-electron chi connectivity index (χ4n) is 1.21. The van der Waals surface area contributed by atoms with Gasteiger partial charge in [0.25, 0.3) is 0 Å².